The van der Waals surface area contributed by atoms with Crippen molar-refractivity contribution in [1.29, 1.82) is 0 Å². The molecule has 2 heterocycles. The zero-order valence-corrected chi connectivity index (χ0v) is 17.0. The van der Waals surface area contributed by atoms with Crippen molar-refractivity contribution in [3.8, 4) is 0 Å². The zero-order chi connectivity index (χ0) is 19.8. The van der Waals surface area contributed by atoms with E-state index < -0.39 is 0 Å². The highest BCUT2D eigenvalue weighted by molar-refractivity contribution is 7.98. The van der Waals surface area contributed by atoms with Crippen LogP contribution in [-0.2, 0) is 12.2 Å². The van der Waals surface area contributed by atoms with Crippen LogP contribution in [0, 0.1) is 0 Å². The fourth-order valence-electron chi connectivity index (χ4n) is 3.64. The second kappa shape index (κ2) is 7.61. The van der Waals surface area contributed by atoms with Gasteiger partial charge in [0, 0.05) is 23.4 Å². The summed E-state index contributed by atoms with van der Waals surface area (Å²) in [7, 11) is 0. The molecule has 0 N–H and O–H groups in total. The fourth-order valence-corrected chi connectivity index (χ4v) is 4.75. The van der Waals surface area contributed by atoms with Gasteiger partial charge in [0.05, 0.1) is 11.3 Å². The van der Waals surface area contributed by atoms with Crippen molar-refractivity contribution in [2.45, 2.75) is 29.7 Å². The monoisotopic (exact) mass is 420 g/mol. The van der Waals surface area contributed by atoms with E-state index in [2.05, 4.69) is 27.2 Å². The first-order valence-electron chi connectivity index (χ1n) is 9.38. The van der Waals surface area contributed by atoms with Crippen molar-refractivity contribution in [2.75, 3.05) is 0 Å². The van der Waals surface area contributed by atoms with Gasteiger partial charge in [0.2, 0.25) is 5.16 Å². The molecule has 0 spiro atoms. The van der Waals surface area contributed by atoms with E-state index in [1.165, 1.54) is 17.3 Å². The molecule has 7 heteroatoms. The zero-order valence-electron chi connectivity index (χ0n) is 15.5. The molecule has 0 aliphatic heterocycles. The third kappa shape index (κ3) is 3.66. The summed E-state index contributed by atoms with van der Waals surface area (Å²) in [6.07, 6.45) is 3.00. The topological polar surface area (TPSA) is 60.2 Å². The number of Topliss-reactive ketones (excluding diaryl/α,β-unsaturated/α-hetero) is 1. The van der Waals surface area contributed by atoms with Crippen molar-refractivity contribution in [1.82, 2.24) is 19.6 Å². The van der Waals surface area contributed by atoms with E-state index in [9.17, 15) is 4.79 Å². The first-order valence-corrected chi connectivity index (χ1v) is 10.7. The highest BCUT2D eigenvalue weighted by Gasteiger charge is 2.28. The van der Waals surface area contributed by atoms with Crippen LogP contribution in [-0.4, -0.2) is 25.4 Å². The Labute approximate surface area is 177 Å². The Hall–Kier alpha value is -2.70. The molecule has 144 valence electrons. The van der Waals surface area contributed by atoms with Gasteiger partial charge in [0.25, 0.3) is 5.78 Å². The first kappa shape index (κ1) is 18.3. The quantitative estimate of drug-likeness (QED) is 0.435. The van der Waals surface area contributed by atoms with Crippen molar-refractivity contribution in [3.05, 3.63) is 88.2 Å². The summed E-state index contributed by atoms with van der Waals surface area (Å²) in [6.45, 7) is 0. The lowest BCUT2D eigenvalue weighted by Gasteiger charge is -2.22. The van der Waals surface area contributed by atoms with Gasteiger partial charge in [-0.25, -0.2) is 9.50 Å². The van der Waals surface area contributed by atoms with Crippen molar-refractivity contribution in [3.63, 3.8) is 0 Å². The van der Waals surface area contributed by atoms with Gasteiger partial charge >= 0.3 is 0 Å². The number of carbonyl (C=O) groups excluding carboxylic acids is 1. The molecule has 5 nitrogen and oxygen atoms in total. The SMILES string of the molecule is O=C1C[C@H](c2ccccc2)Cc2nc3nc(SCc4ccccc4Cl)nn3cc21. The summed E-state index contributed by atoms with van der Waals surface area (Å²) in [5.41, 5.74) is 3.66. The average molecular weight is 421 g/mol. The third-order valence-electron chi connectivity index (χ3n) is 5.15. The molecule has 0 saturated heterocycles. The number of halogens is 1. The van der Waals surface area contributed by atoms with Gasteiger partial charge < -0.3 is 0 Å². The minimum atomic E-state index is 0.107. The molecule has 0 radical (unpaired) electrons. The highest BCUT2D eigenvalue weighted by atomic mass is 35.5. The Bertz CT molecular complexity index is 1210. The van der Waals surface area contributed by atoms with Crippen LogP contribution >= 0.6 is 23.4 Å². The molecular formula is C22H17ClN4OS. The van der Waals surface area contributed by atoms with Crippen molar-refractivity contribution < 1.29 is 4.79 Å². The Morgan fingerprint density at radius 3 is 2.66 bits per heavy atom. The Kier molecular flexibility index (Phi) is 4.81. The summed E-state index contributed by atoms with van der Waals surface area (Å²) in [4.78, 5) is 21.9. The van der Waals surface area contributed by atoms with Crippen LogP contribution in [0.15, 0.2) is 66.0 Å². The van der Waals surface area contributed by atoms with Gasteiger partial charge in [0.15, 0.2) is 5.78 Å². The van der Waals surface area contributed by atoms with E-state index in [0.29, 0.717) is 28.7 Å². The van der Waals surface area contributed by atoms with Crippen LogP contribution in [0.2, 0.25) is 5.02 Å². The highest BCUT2D eigenvalue weighted by Crippen LogP contribution is 2.32. The number of hydrogen-bond acceptors (Lipinski definition) is 5. The number of ketones is 1. The Morgan fingerprint density at radius 2 is 1.83 bits per heavy atom. The molecule has 29 heavy (non-hydrogen) atoms. The maximum absolute atomic E-state index is 12.7. The number of nitrogens with zero attached hydrogens (tertiary/aromatic N) is 4. The second-order valence-corrected chi connectivity index (χ2v) is 8.41. The van der Waals surface area contributed by atoms with E-state index >= 15 is 0 Å². The molecular weight excluding hydrogens is 404 g/mol. The van der Waals surface area contributed by atoms with Crippen molar-refractivity contribution in [2.24, 2.45) is 0 Å². The van der Waals surface area contributed by atoms with Crippen LogP contribution in [0.1, 0.15) is 39.5 Å². The standard InChI is InChI=1S/C22H17ClN4OS/c23-18-9-5-4-8-15(18)13-29-22-25-21-24-19-10-16(14-6-2-1-3-7-14)11-20(28)17(19)12-27(21)26-22/h1-9,12,16H,10-11,13H2/t16-/m1/s1. The molecule has 2 aromatic carbocycles. The van der Waals surface area contributed by atoms with Crippen LogP contribution in [0.3, 0.4) is 0 Å². The van der Waals surface area contributed by atoms with Crippen LogP contribution in [0.5, 0.6) is 0 Å². The van der Waals surface area contributed by atoms with E-state index in [0.717, 1.165) is 22.7 Å². The third-order valence-corrected chi connectivity index (χ3v) is 6.40. The second-order valence-electron chi connectivity index (χ2n) is 7.06. The number of benzene rings is 2. The van der Waals surface area contributed by atoms with E-state index in [-0.39, 0.29) is 11.7 Å². The van der Waals surface area contributed by atoms with Gasteiger partial charge in [-0.15, -0.1) is 5.10 Å². The molecule has 1 aliphatic carbocycles. The molecule has 0 saturated carbocycles. The molecule has 2 aromatic heterocycles. The molecule has 0 bridgehead atoms. The summed E-state index contributed by atoms with van der Waals surface area (Å²) in [6, 6.07) is 17.9. The molecule has 0 amide bonds. The minimum Gasteiger partial charge on any atom is -0.294 e. The number of aromatic nitrogens is 4. The molecule has 0 fully saturated rings. The molecule has 1 aliphatic rings. The van der Waals surface area contributed by atoms with E-state index in [4.69, 9.17) is 11.6 Å². The number of rotatable bonds is 4. The van der Waals surface area contributed by atoms with Crippen LogP contribution < -0.4 is 0 Å². The van der Waals surface area contributed by atoms with Gasteiger partial charge in [-0.3, -0.25) is 4.79 Å². The summed E-state index contributed by atoms with van der Waals surface area (Å²) >= 11 is 7.73. The van der Waals surface area contributed by atoms with E-state index in [1.54, 1.807) is 10.7 Å². The van der Waals surface area contributed by atoms with Crippen molar-refractivity contribution >= 4 is 34.9 Å². The predicted octanol–water partition coefficient (Wildman–Crippen LogP) is 4.98. The van der Waals surface area contributed by atoms with E-state index in [1.807, 2.05) is 42.5 Å². The lowest BCUT2D eigenvalue weighted by atomic mass is 9.82. The number of carbonyl (C=O) groups is 1. The first-order chi connectivity index (χ1) is 14.2. The molecule has 0 unspecified atom stereocenters. The normalized spacial score (nSPS) is 16.2. The van der Waals surface area contributed by atoms with Crippen LogP contribution in [0.4, 0.5) is 0 Å². The number of hydrogen-bond donors (Lipinski definition) is 0. The average Bonchev–Trinajstić information content (AvgIpc) is 3.14. The summed E-state index contributed by atoms with van der Waals surface area (Å²) < 4.78 is 1.61. The van der Waals surface area contributed by atoms with Gasteiger partial charge in [0.1, 0.15) is 0 Å². The lowest BCUT2D eigenvalue weighted by Crippen LogP contribution is -2.21. The number of fused-ring (bicyclic) bond motifs is 2. The summed E-state index contributed by atoms with van der Waals surface area (Å²) in [5.74, 6) is 1.45. The largest absolute Gasteiger partial charge is 0.294 e. The molecule has 5 rings (SSSR count). The van der Waals surface area contributed by atoms with Crippen LogP contribution in [0.25, 0.3) is 5.78 Å². The predicted molar refractivity (Wildman–Crippen MR) is 114 cm³/mol. The smallest absolute Gasteiger partial charge is 0.253 e. The Balaban J connectivity index is 1.42. The minimum absolute atomic E-state index is 0.107. The number of thioether (sulfide) groups is 1. The molecule has 4 aromatic rings. The van der Waals surface area contributed by atoms with Gasteiger partial charge in [-0.2, -0.15) is 4.98 Å². The van der Waals surface area contributed by atoms with Gasteiger partial charge in [-0.1, -0.05) is 71.9 Å². The fraction of sp³-hybridized carbons (Fsp3) is 0.182. The maximum Gasteiger partial charge on any atom is 0.253 e. The summed E-state index contributed by atoms with van der Waals surface area (Å²) in [5, 5.41) is 5.84. The van der Waals surface area contributed by atoms with Gasteiger partial charge in [-0.05, 0) is 29.5 Å². The lowest BCUT2D eigenvalue weighted by molar-refractivity contribution is 0.0962. The Morgan fingerprint density at radius 1 is 1.03 bits per heavy atom. The maximum atomic E-state index is 12.7. The molecule has 1 atom stereocenters.